The summed E-state index contributed by atoms with van der Waals surface area (Å²) in [6, 6.07) is 59.4. The van der Waals surface area contributed by atoms with Crippen molar-refractivity contribution in [2.24, 2.45) is 0 Å². The second-order valence-corrected chi connectivity index (χ2v) is 13.0. The van der Waals surface area contributed by atoms with Crippen molar-refractivity contribution in [3.05, 3.63) is 170 Å². The fourth-order valence-corrected chi connectivity index (χ4v) is 7.90. The fourth-order valence-electron chi connectivity index (χ4n) is 7.90. The molecule has 4 heterocycles. The third-order valence-corrected chi connectivity index (χ3v) is 10.1. The molecule has 0 spiro atoms. The van der Waals surface area contributed by atoms with Crippen molar-refractivity contribution in [3.63, 3.8) is 0 Å². The van der Waals surface area contributed by atoms with Gasteiger partial charge >= 0.3 is 0 Å². The minimum atomic E-state index is 0.619. The second-order valence-electron chi connectivity index (χ2n) is 13.0. The molecular weight excluding hydrogens is 625 g/mol. The molecule has 0 N–H and O–H groups in total. The monoisotopic (exact) mass is 652 g/mol. The average molecular weight is 653 g/mol. The Bertz CT molecular complexity index is 3060. The first-order valence-electron chi connectivity index (χ1n) is 17.2. The molecule has 0 aliphatic carbocycles. The summed E-state index contributed by atoms with van der Waals surface area (Å²) in [5.41, 5.74) is 11.0. The zero-order valence-corrected chi connectivity index (χ0v) is 27.4. The van der Waals surface area contributed by atoms with E-state index in [0.29, 0.717) is 5.95 Å². The molecule has 7 aromatic carbocycles. The zero-order chi connectivity index (χ0) is 33.5. The molecule has 11 rings (SSSR count). The molecule has 0 aliphatic heterocycles. The maximum absolute atomic E-state index is 6.46. The normalized spacial score (nSPS) is 11.9. The lowest BCUT2D eigenvalue weighted by molar-refractivity contribution is 0.669. The van der Waals surface area contributed by atoms with Crippen LogP contribution < -0.4 is 0 Å². The molecule has 0 atom stereocenters. The van der Waals surface area contributed by atoms with Crippen LogP contribution in [0.1, 0.15) is 0 Å². The van der Waals surface area contributed by atoms with Crippen LogP contribution in [0.3, 0.4) is 0 Å². The predicted octanol–water partition coefficient (Wildman–Crippen LogP) is 11.9. The molecule has 0 radical (unpaired) electrons. The Labute approximate surface area is 292 Å². The Morgan fingerprint density at radius 2 is 0.961 bits per heavy atom. The van der Waals surface area contributed by atoms with Gasteiger partial charge in [-0.1, -0.05) is 115 Å². The Kier molecular flexibility index (Phi) is 5.89. The number of hydrogen-bond acceptors (Lipinski definition) is 3. The molecule has 51 heavy (non-hydrogen) atoms. The molecule has 5 nitrogen and oxygen atoms in total. The minimum absolute atomic E-state index is 0.619. The van der Waals surface area contributed by atoms with Gasteiger partial charge in [-0.05, 0) is 54.6 Å². The van der Waals surface area contributed by atoms with E-state index in [1.807, 2.05) is 24.3 Å². The lowest BCUT2D eigenvalue weighted by atomic mass is 10.0. The summed E-state index contributed by atoms with van der Waals surface area (Å²) in [7, 11) is 0. The predicted molar refractivity (Wildman–Crippen MR) is 209 cm³/mol. The van der Waals surface area contributed by atoms with Crippen LogP contribution in [-0.4, -0.2) is 19.1 Å². The first-order chi connectivity index (χ1) is 25.3. The number of para-hydroxylation sites is 3. The highest BCUT2D eigenvalue weighted by Gasteiger charge is 2.23. The molecule has 0 bridgehead atoms. The van der Waals surface area contributed by atoms with E-state index in [2.05, 4.69) is 155 Å². The summed E-state index contributed by atoms with van der Waals surface area (Å²) in [5.74, 6) is 0.619. The molecule has 4 aromatic heterocycles. The molecular formula is C46H28N4O. The molecule has 5 heteroatoms. The van der Waals surface area contributed by atoms with Crippen molar-refractivity contribution in [1.82, 2.24) is 19.1 Å². The second kappa shape index (κ2) is 10.8. The Balaban J connectivity index is 1.33. The van der Waals surface area contributed by atoms with Gasteiger partial charge in [-0.3, -0.25) is 4.57 Å². The molecule has 0 saturated heterocycles. The van der Waals surface area contributed by atoms with Crippen LogP contribution in [0.15, 0.2) is 174 Å². The lowest BCUT2D eigenvalue weighted by Crippen LogP contribution is -2.04. The number of fused-ring (bicyclic) bond motifs is 10. The summed E-state index contributed by atoms with van der Waals surface area (Å²) < 4.78 is 11.1. The highest BCUT2D eigenvalue weighted by Crippen LogP contribution is 2.44. The number of furan rings is 1. The fraction of sp³-hybridized carbons (Fsp3) is 0. The lowest BCUT2D eigenvalue weighted by Gasteiger charge is -2.12. The zero-order valence-electron chi connectivity index (χ0n) is 27.4. The molecule has 0 saturated carbocycles. The van der Waals surface area contributed by atoms with Gasteiger partial charge in [0.05, 0.1) is 33.5 Å². The van der Waals surface area contributed by atoms with Gasteiger partial charge in [0.1, 0.15) is 11.2 Å². The SMILES string of the molecule is c1ccc(-c2cc(-c3ccccc3)nc(-n3c4cc5c6ccccc6n(-c6ccccc6)c5cc4c4c5c(ccc43)oc3ccccc35)n2)cc1. The topological polar surface area (TPSA) is 48.8 Å². The van der Waals surface area contributed by atoms with Crippen molar-refractivity contribution >= 4 is 65.6 Å². The van der Waals surface area contributed by atoms with Gasteiger partial charge < -0.3 is 8.98 Å². The van der Waals surface area contributed by atoms with Gasteiger partial charge in [0.15, 0.2) is 0 Å². The summed E-state index contributed by atoms with van der Waals surface area (Å²) in [6.45, 7) is 0. The summed E-state index contributed by atoms with van der Waals surface area (Å²) in [4.78, 5) is 10.6. The number of nitrogens with zero attached hydrogens (tertiary/aromatic N) is 4. The van der Waals surface area contributed by atoms with Crippen LogP contribution in [0, 0.1) is 0 Å². The quantitative estimate of drug-likeness (QED) is 0.190. The van der Waals surface area contributed by atoms with E-state index >= 15 is 0 Å². The summed E-state index contributed by atoms with van der Waals surface area (Å²) >= 11 is 0. The van der Waals surface area contributed by atoms with Crippen molar-refractivity contribution in [2.45, 2.75) is 0 Å². The van der Waals surface area contributed by atoms with Gasteiger partial charge in [0.25, 0.3) is 0 Å². The average Bonchev–Trinajstić information content (AvgIpc) is 3.85. The van der Waals surface area contributed by atoms with Crippen molar-refractivity contribution in [2.75, 3.05) is 0 Å². The largest absolute Gasteiger partial charge is 0.456 e. The maximum atomic E-state index is 6.46. The highest BCUT2D eigenvalue weighted by molar-refractivity contribution is 6.29. The van der Waals surface area contributed by atoms with Crippen LogP contribution in [0.5, 0.6) is 0 Å². The molecule has 0 aliphatic rings. The molecule has 0 amide bonds. The maximum Gasteiger partial charge on any atom is 0.235 e. The molecule has 11 aromatic rings. The van der Waals surface area contributed by atoms with E-state index < -0.39 is 0 Å². The van der Waals surface area contributed by atoms with Gasteiger partial charge in [-0.2, -0.15) is 0 Å². The van der Waals surface area contributed by atoms with Crippen LogP contribution >= 0.6 is 0 Å². The van der Waals surface area contributed by atoms with Crippen molar-refractivity contribution in [3.8, 4) is 34.2 Å². The van der Waals surface area contributed by atoms with E-state index in [1.165, 1.54) is 10.8 Å². The highest BCUT2D eigenvalue weighted by atomic mass is 16.3. The molecule has 0 fully saturated rings. The van der Waals surface area contributed by atoms with E-state index in [9.17, 15) is 0 Å². The van der Waals surface area contributed by atoms with Crippen LogP contribution in [0.4, 0.5) is 0 Å². The molecule has 238 valence electrons. The Morgan fingerprint density at radius 3 is 1.69 bits per heavy atom. The first-order valence-corrected chi connectivity index (χ1v) is 17.2. The van der Waals surface area contributed by atoms with E-state index in [1.54, 1.807) is 0 Å². The van der Waals surface area contributed by atoms with Gasteiger partial charge in [0.2, 0.25) is 5.95 Å². The van der Waals surface area contributed by atoms with Crippen molar-refractivity contribution < 1.29 is 4.42 Å². The van der Waals surface area contributed by atoms with E-state index in [4.69, 9.17) is 14.4 Å². The third kappa shape index (κ3) is 4.15. The van der Waals surface area contributed by atoms with Gasteiger partial charge in [-0.15, -0.1) is 0 Å². The number of hydrogen-bond donors (Lipinski definition) is 0. The molecule has 0 unspecified atom stereocenters. The standard InChI is InChI=1S/C46H28N4O/c1-4-14-29(15-5-1)36-28-37(30-16-6-2-7-17-30)48-46(47-36)50-39-24-25-43-45(33-21-11-13-23-42(33)51-43)44(39)35-27-40-34(26-41(35)50)32-20-10-12-22-38(32)49(40)31-18-8-3-9-19-31/h1-28H. The van der Waals surface area contributed by atoms with Crippen LogP contribution in [0.2, 0.25) is 0 Å². The van der Waals surface area contributed by atoms with E-state index in [0.717, 1.165) is 83.0 Å². The summed E-state index contributed by atoms with van der Waals surface area (Å²) in [5, 5.41) is 6.78. The van der Waals surface area contributed by atoms with Gasteiger partial charge in [0, 0.05) is 49.1 Å². The van der Waals surface area contributed by atoms with Gasteiger partial charge in [-0.25, -0.2) is 9.97 Å². The summed E-state index contributed by atoms with van der Waals surface area (Å²) in [6.07, 6.45) is 0. The first kappa shape index (κ1) is 27.9. The third-order valence-electron chi connectivity index (χ3n) is 10.1. The van der Waals surface area contributed by atoms with E-state index in [-0.39, 0.29) is 0 Å². The Morgan fingerprint density at radius 1 is 0.373 bits per heavy atom. The number of aromatic nitrogens is 4. The van der Waals surface area contributed by atoms with Crippen LogP contribution in [0.25, 0.3) is 99.7 Å². The number of benzene rings is 7. The Hall–Kier alpha value is -6.98. The number of rotatable bonds is 4. The smallest absolute Gasteiger partial charge is 0.235 e. The van der Waals surface area contributed by atoms with Crippen LogP contribution in [-0.2, 0) is 0 Å². The van der Waals surface area contributed by atoms with Crippen molar-refractivity contribution in [1.29, 1.82) is 0 Å². The minimum Gasteiger partial charge on any atom is -0.456 e.